The molecule has 2 heterocycles. The summed E-state index contributed by atoms with van der Waals surface area (Å²) in [4.78, 5) is 23.8. The Hall–Kier alpha value is -3.09. The predicted octanol–water partition coefficient (Wildman–Crippen LogP) is 3.30. The van der Waals surface area contributed by atoms with Crippen LogP contribution in [0.1, 0.15) is 38.7 Å². The van der Waals surface area contributed by atoms with Crippen molar-refractivity contribution in [1.82, 2.24) is 9.88 Å². The van der Waals surface area contributed by atoms with Crippen LogP contribution < -0.4 is 10.5 Å². The summed E-state index contributed by atoms with van der Waals surface area (Å²) in [7, 11) is 0. The maximum Gasteiger partial charge on any atom is 0.263 e. The van der Waals surface area contributed by atoms with Crippen LogP contribution in [0, 0.1) is 0 Å². The molecule has 1 fully saturated rings. The first-order chi connectivity index (χ1) is 13.6. The zero-order valence-electron chi connectivity index (χ0n) is 16.2. The molecule has 1 amide bonds. The second kappa shape index (κ2) is 9.21. The van der Waals surface area contributed by atoms with Gasteiger partial charge in [-0.3, -0.25) is 4.79 Å². The molecular formula is C21H26N4O3. The van der Waals surface area contributed by atoms with Gasteiger partial charge in [-0.2, -0.15) is 0 Å². The number of nitrogens with two attached hydrogens (primary N) is 1. The van der Waals surface area contributed by atoms with Crippen LogP contribution in [-0.2, 0) is 9.63 Å². The minimum absolute atomic E-state index is 0.0804. The normalized spacial score (nSPS) is 19.9. The van der Waals surface area contributed by atoms with Crippen molar-refractivity contribution >= 4 is 11.7 Å². The fraction of sp³-hybridized carbons (Fsp3) is 0.381. The van der Waals surface area contributed by atoms with Gasteiger partial charge in [0.25, 0.3) is 5.91 Å². The molecule has 0 saturated carbocycles. The fourth-order valence-electron chi connectivity index (χ4n) is 3.46. The fourth-order valence-corrected chi connectivity index (χ4v) is 3.46. The molecule has 1 aliphatic rings. The zero-order valence-corrected chi connectivity index (χ0v) is 16.2. The summed E-state index contributed by atoms with van der Waals surface area (Å²) in [6.45, 7) is 3.98. The Bertz CT molecular complexity index is 815. The summed E-state index contributed by atoms with van der Waals surface area (Å²) in [6.07, 6.45) is 4.77. The number of hydrogen-bond donors (Lipinski definition) is 1. The minimum atomic E-state index is -0.148. The van der Waals surface area contributed by atoms with E-state index < -0.39 is 0 Å². The number of oxime groups is 1. The van der Waals surface area contributed by atoms with E-state index in [9.17, 15) is 4.79 Å². The Morgan fingerprint density at radius 1 is 1.18 bits per heavy atom. The van der Waals surface area contributed by atoms with E-state index in [1.807, 2.05) is 35.2 Å². The van der Waals surface area contributed by atoms with E-state index in [2.05, 4.69) is 24.0 Å². The molecule has 0 aliphatic carbocycles. The Morgan fingerprint density at radius 3 is 2.61 bits per heavy atom. The lowest BCUT2D eigenvalue weighted by molar-refractivity contribution is -0.142. The van der Waals surface area contributed by atoms with Gasteiger partial charge in [0.05, 0.1) is 5.56 Å². The van der Waals surface area contributed by atoms with Gasteiger partial charge in [-0.05, 0) is 57.4 Å². The number of carbonyl (C=O) groups excluding carboxylic acids is 1. The maximum atomic E-state index is 12.5. The number of para-hydroxylation sites is 1. The van der Waals surface area contributed by atoms with Gasteiger partial charge in [-0.25, -0.2) is 4.98 Å². The second-order valence-electron chi connectivity index (χ2n) is 6.95. The van der Waals surface area contributed by atoms with Gasteiger partial charge in [0.1, 0.15) is 5.75 Å². The monoisotopic (exact) mass is 382 g/mol. The van der Waals surface area contributed by atoms with Crippen molar-refractivity contribution in [2.45, 2.75) is 45.2 Å². The highest BCUT2D eigenvalue weighted by Gasteiger charge is 2.29. The highest BCUT2D eigenvalue weighted by atomic mass is 16.6. The van der Waals surface area contributed by atoms with Crippen LogP contribution in [0.25, 0.3) is 0 Å². The van der Waals surface area contributed by atoms with E-state index in [1.165, 1.54) is 0 Å². The Kier molecular flexibility index (Phi) is 6.47. The molecule has 0 spiro atoms. The third kappa shape index (κ3) is 4.79. The molecule has 0 bridgehead atoms. The number of carbonyl (C=O) groups is 1. The van der Waals surface area contributed by atoms with Crippen molar-refractivity contribution in [2.75, 3.05) is 6.61 Å². The van der Waals surface area contributed by atoms with Crippen molar-refractivity contribution in [3.8, 4) is 11.6 Å². The van der Waals surface area contributed by atoms with Crippen LogP contribution in [0.4, 0.5) is 0 Å². The molecule has 3 rings (SSSR count). The highest BCUT2D eigenvalue weighted by molar-refractivity contribution is 5.99. The van der Waals surface area contributed by atoms with Gasteiger partial charge in [0.2, 0.25) is 5.88 Å². The number of nitrogens with zero attached hydrogens (tertiary/aromatic N) is 3. The summed E-state index contributed by atoms with van der Waals surface area (Å²) >= 11 is 0. The lowest BCUT2D eigenvalue weighted by Crippen LogP contribution is -2.48. The predicted molar refractivity (Wildman–Crippen MR) is 107 cm³/mol. The summed E-state index contributed by atoms with van der Waals surface area (Å²) < 4.78 is 5.78. The molecule has 28 heavy (non-hydrogen) atoms. The number of rotatable bonds is 6. The number of amides is 1. The zero-order chi connectivity index (χ0) is 19.9. The molecule has 7 heteroatoms. The number of piperidine rings is 1. The molecule has 2 atom stereocenters. The molecule has 1 aliphatic heterocycles. The number of aromatic nitrogens is 1. The number of likely N-dealkylation sites (tertiary alicyclic amines) is 1. The van der Waals surface area contributed by atoms with Crippen molar-refractivity contribution in [3.05, 3.63) is 54.2 Å². The van der Waals surface area contributed by atoms with Crippen molar-refractivity contribution in [2.24, 2.45) is 10.9 Å². The standard InChI is InChI=1S/C21H26N4O3/c1-15-8-6-9-16(2)25(15)19(26)14-27-24-20(22)18-12-7-13-23-21(18)28-17-10-4-3-5-11-17/h3-5,7,10-13,15-16H,6,8-9,14H2,1-2H3,(H2,22,24). The van der Waals surface area contributed by atoms with Gasteiger partial charge < -0.3 is 20.2 Å². The first-order valence-electron chi connectivity index (χ1n) is 9.51. The van der Waals surface area contributed by atoms with E-state index in [0.717, 1.165) is 19.3 Å². The summed E-state index contributed by atoms with van der Waals surface area (Å²) in [5, 5.41) is 3.91. The molecule has 1 aromatic heterocycles. The van der Waals surface area contributed by atoms with E-state index in [4.69, 9.17) is 15.3 Å². The second-order valence-corrected chi connectivity index (χ2v) is 6.95. The Labute approximate surface area is 165 Å². The topological polar surface area (TPSA) is 90.0 Å². The van der Waals surface area contributed by atoms with E-state index >= 15 is 0 Å². The summed E-state index contributed by atoms with van der Waals surface area (Å²) in [6, 6.07) is 13.2. The number of pyridine rings is 1. The van der Waals surface area contributed by atoms with Crippen molar-refractivity contribution < 1.29 is 14.4 Å². The molecule has 7 nitrogen and oxygen atoms in total. The third-order valence-electron chi connectivity index (χ3n) is 4.84. The van der Waals surface area contributed by atoms with Crippen LogP contribution in [0.15, 0.2) is 53.8 Å². The summed E-state index contributed by atoms with van der Waals surface area (Å²) in [5.74, 6) is 0.984. The van der Waals surface area contributed by atoms with Crippen LogP contribution in [0.3, 0.4) is 0 Å². The third-order valence-corrected chi connectivity index (χ3v) is 4.84. The minimum Gasteiger partial charge on any atom is -0.438 e. The molecule has 1 saturated heterocycles. The average molecular weight is 382 g/mol. The first-order valence-corrected chi connectivity index (χ1v) is 9.51. The van der Waals surface area contributed by atoms with Crippen LogP contribution in [0.2, 0.25) is 0 Å². The Balaban J connectivity index is 1.65. The van der Waals surface area contributed by atoms with Gasteiger partial charge in [0.15, 0.2) is 12.4 Å². The lowest BCUT2D eigenvalue weighted by atomic mass is 9.97. The molecular weight excluding hydrogens is 356 g/mol. The molecule has 0 radical (unpaired) electrons. The Morgan fingerprint density at radius 2 is 1.89 bits per heavy atom. The number of hydrogen-bond acceptors (Lipinski definition) is 5. The molecule has 1 aromatic carbocycles. The van der Waals surface area contributed by atoms with Crippen molar-refractivity contribution in [3.63, 3.8) is 0 Å². The smallest absolute Gasteiger partial charge is 0.263 e. The van der Waals surface area contributed by atoms with Crippen LogP contribution in [0.5, 0.6) is 11.6 Å². The maximum absolute atomic E-state index is 12.5. The quantitative estimate of drug-likeness (QED) is 0.470. The summed E-state index contributed by atoms with van der Waals surface area (Å²) in [5.41, 5.74) is 6.55. The highest BCUT2D eigenvalue weighted by Crippen LogP contribution is 2.23. The molecule has 2 unspecified atom stereocenters. The van der Waals surface area contributed by atoms with E-state index in [0.29, 0.717) is 17.2 Å². The average Bonchev–Trinajstić information content (AvgIpc) is 2.69. The molecule has 2 N–H and O–H groups in total. The van der Waals surface area contributed by atoms with Gasteiger partial charge >= 0.3 is 0 Å². The van der Waals surface area contributed by atoms with E-state index in [-0.39, 0.29) is 30.4 Å². The van der Waals surface area contributed by atoms with Crippen LogP contribution in [-0.4, -0.2) is 40.3 Å². The SMILES string of the molecule is CC1CCCC(C)N1C(=O)CO/N=C(/N)c1cccnc1Oc1ccccc1. The number of ether oxygens (including phenoxy) is 1. The van der Waals surface area contributed by atoms with Gasteiger partial charge in [0, 0.05) is 18.3 Å². The van der Waals surface area contributed by atoms with Crippen molar-refractivity contribution in [1.29, 1.82) is 0 Å². The first kappa shape index (κ1) is 19.7. The number of amidine groups is 1. The largest absolute Gasteiger partial charge is 0.438 e. The van der Waals surface area contributed by atoms with Gasteiger partial charge in [-0.15, -0.1) is 0 Å². The molecule has 148 valence electrons. The molecule has 2 aromatic rings. The number of benzene rings is 1. The van der Waals surface area contributed by atoms with E-state index in [1.54, 1.807) is 18.3 Å². The lowest BCUT2D eigenvalue weighted by Gasteiger charge is -2.38. The van der Waals surface area contributed by atoms with Gasteiger partial charge in [-0.1, -0.05) is 23.4 Å². The van der Waals surface area contributed by atoms with Crippen LogP contribution >= 0.6 is 0 Å².